The maximum atomic E-state index is 10.9. The van der Waals surface area contributed by atoms with Crippen LogP contribution in [-0.4, -0.2) is 5.78 Å². The Morgan fingerprint density at radius 2 is 2.50 bits per heavy atom. The molecule has 52 valence electrons. The van der Waals surface area contributed by atoms with Gasteiger partial charge >= 0.3 is 0 Å². The molecule has 0 radical (unpaired) electrons. The highest BCUT2D eigenvalue weighted by Crippen LogP contribution is 2.08. The molecule has 0 spiro atoms. The Kier molecular flexibility index (Phi) is 2.23. The SMILES string of the molecule is N/C=C/C(=O)c1cccs1. The zero-order chi connectivity index (χ0) is 7.40. The quantitative estimate of drug-likeness (QED) is 0.515. The van der Waals surface area contributed by atoms with Gasteiger partial charge in [-0.15, -0.1) is 11.3 Å². The number of carbonyl (C=O) groups excluding carboxylic acids is 1. The van der Waals surface area contributed by atoms with Gasteiger partial charge in [-0.05, 0) is 17.6 Å². The molecule has 0 aliphatic heterocycles. The lowest BCUT2D eigenvalue weighted by molar-refractivity contribution is 0.105. The monoisotopic (exact) mass is 153 g/mol. The molecular formula is C7H7NOS. The molecule has 0 aromatic carbocycles. The van der Waals surface area contributed by atoms with Crippen molar-refractivity contribution in [3.63, 3.8) is 0 Å². The van der Waals surface area contributed by atoms with E-state index in [1.54, 1.807) is 6.07 Å². The molecule has 0 bridgehead atoms. The van der Waals surface area contributed by atoms with Gasteiger partial charge < -0.3 is 5.73 Å². The highest BCUT2D eigenvalue weighted by molar-refractivity contribution is 7.12. The van der Waals surface area contributed by atoms with Crippen LogP contribution in [0, 0.1) is 0 Å². The van der Waals surface area contributed by atoms with Crippen LogP contribution in [0.1, 0.15) is 9.67 Å². The Bertz CT molecular complexity index is 238. The van der Waals surface area contributed by atoms with E-state index in [0.29, 0.717) is 0 Å². The molecule has 10 heavy (non-hydrogen) atoms. The number of allylic oxidation sites excluding steroid dienone is 1. The maximum absolute atomic E-state index is 10.9. The minimum Gasteiger partial charge on any atom is -0.404 e. The van der Waals surface area contributed by atoms with Crippen molar-refractivity contribution in [3.05, 3.63) is 34.7 Å². The van der Waals surface area contributed by atoms with Crippen LogP contribution in [0.3, 0.4) is 0 Å². The molecule has 2 N–H and O–H groups in total. The van der Waals surface area contributed by atoms with Crippen LogP contribution < -0.4 is 5.73 Å². The average Bonchev–Trinajstić information content (AvgIpc) is 2.38. The third-order valence-corrected chi connectivity index (χ3v) is 1.90. The summed E-state index contributed by atoms with van der Waals surface area (Å²) in [5.74, 6) is -0.0301. The zero-order valence-electron chi connectivity index (χ0n) is 5.28. The molecule has 0 aliphatic rings. The Labute approximate surface area is 63.0 Å². The summed E-state index contributed by atoms with van der Waals surface area (Å²) >= 11 is 1.41. The van der Waals surface area contributed by atoms with Crippen LogP contribution in [0.4, 0.5) is 0 Å². The van der Waals surface area contributed by atoms with Crippen LogP contribution in [0.2, 0.25) is 0 Å². The molecule has 1 aromatic rings. The van der Waals surface area contributed by atoms with Crippen molar-refractivity contribution in [3.8, 4) is 0 Å². The fourth-order valence-corrected chi connectivity index (χ4v) is 1.23. The summed E-state index contributed by atoms with van der Waals surface area (Å²) in [5.41, 5.74) is 5.04. The molecular weight excluding hydrogens is 146 g/mol. The van der Waals surface area contributed by atoms with Crippen LogP contribution in [0.15, 0.2) is 29.8 Å². The Morgan fingerprint density at radius 3 is 3.00 bits per heavy atom. The van der Waals surface area contributed by atoms with E-state index in [1.807, 2.05) is 11.4 Å². The molecule has 0 saturated heterocycles. The van der Waals surface area contributed by atoms with Gasteiger partial charge in [0.2, 0.25) is 0 Å². The molecule has 0 saturated carbocycles. The van der Waals surface area contributed by atoms with Gasteiger partial charge in [-0.3, -0.25) is 4.79 Å². The lowest BCUT2D eigenvalue weighted by Gasteiger charge is -1.83. The third kappa shape index (κ3) is 1.45. The maximum Gasteiger partial charge on any atom is 0.197 e. The Hall–Kier alpha value is -1.09. The predicted molar refractivity (Wildman–Crippen MR) is 42.0 cm³/mol. The van der Waals surface area contributed by atoms with E-state index >= 15 is 0 Å². The molecule has 0 fully saturated rings. The Balaban J connectivity index is 2.78. The van der Waals surface area contributed by atoms with Crippen LogP contribution in [-0.2, 0) is 0 Å². The molecule has 2 nitrogen and oxygen atoms in total. The van der Waals surface area contributed by atoms with Crippen molar-refractivity contribution < 1.29 is 4.79 Å². The first-order valence-corrected chi connectivity index (χ1v) is 3.68. The summed E-state index contributed by atoms with van der Waals surface area (Å²) < 4.78 is 0. The van der Waals surface area contributed by atoms with Gasteiger partial charge in [0.25, 0.3) is 0 Å². The highest BCUT2D eigenvalue weighted by Gasteiger charge is 1.99. The van der Waals surface area contributed by atoms with E-state index in [2.05, 4.69) is 0 Å². The van der Waals surface area contributed by atoms with Crippen molar-refractivity contribution >= 4 is 17.1 Å². The van der Waals surface area contributed by atoms with Crippen molar-refractivity contribution in [2.75, 3.05) is 0 Å². The van der Waals surface area contributed by atoms with Gasteiger partial charge in [0, 0.05) is 6.08 Å². The van der Waals surface area contributed by atoms with E-state index in [0.717, 1.165) is 4.88 Å². The zero-order valence-corrected chi connectivity index (χ0v) is 6.10. The van der Waals surface area contributed by atoms with Crippen LogP contribution in [0.25, 0.3) is 0 Å². The third-order valence-electron chi connectivity index (χ3n) is 1.01. The van der Waals surface area contributed by atoms with E-state index in [4.69, 9.17) is 5.73 Å². The summed E-state index contributed by atoms with van der Waals surface area (Å²) in [4.78, 5) is 11.7. The highest BCUT2D eigenvalue weighted by atomic mass is 32.1. The smallest absolute Gasteiger partial charge is 0.197 e. The summed E-state index contributed by atoms with van der Waals surface area (Å²) in [6, 6.07) is 3.61. The molecule has 1 heterocycles. The topological polar surface area (TPSA) is 43.1 Å². The predicted octanol–water partition coefficient (Wildman–Crippen LogP) is 1.40. The summed E-state index contributed by atoms with van der Waals surface area (Å²) in [6.07, 6.45) is 2.61. The second-order valence-corrected chi connectivity index (χ2v) is 2.65. The number of nitrogens with two attached hydrogens (primary N) is 1. The first-order chi connectivity index (χ1) is 4.84. The molecule has 0 amide bonds. The summed E-state index contributed by atoms with van der Waals surface area (Å²) in [7, 11) is 0. The minimum absolute atomic E-state index is 0.0301. The van der Waals surface area contributed by atoms with E-state index < -0.39 is 0 Å². The van der Waals surface area contributed by atoms with Gasteiger partial charge in [-0.25, -0.2) is 0 Å². The van der Waals surface area contributed by atoms with Crippen molar-refractivity contribution in [1.82, 2.24) is 0 Å². The molecule has 1 rings (SSSR count). The second-order valence-electron chi connectivity index (χ2n) is 1.70. The van der Waals surface area contributed by atoms with Gasteiger partial charge in [0.1, 0.15) is 0 Å². The number of rotatable bonds is 2. The first kappa shape index (κ1) is 7.02. The lowest BCUT2D eigenvalue weighted by atomic mass is 10.3. The van der Waals surface area contributed by atoms with Crippen molar-refractivity contribution in [1.29, 1.82) is 0 Å². The largest absolute Gasteiger partial charge is 0.404 e. The molecule has 0 aliphatic carbocycles. The molecule has 1 aromatic heterocycles. The number of carbonyl (C=O) groups is 1. The van der Waals surface area contributed by atoms with Crippen LogP contribution >= 0.6 is 11.3 Å². The van der Waals surface area contributed by atoms with Crippen LogP contribution in [0.5, 0.6) is 0 Å². The van der Waals surface area contributed by atoms with Gasteiger partial charge in [0.05, 0.1) is 4.88 Å². The normalized spacial score (nSPS) is 10.4. The van der Waals surface area contributed by atoms with Gasteiger partial charge in [-0.1, -0.05) is 6.07 Å². The molecule has 0 atom stereocenters. The van der Waals surface area contributed by atoms with E-state index in [-0.39, 0.29) is 5.78 Å². The second kappa shape index (κ2) is 3.17. The summed E-state index contributed by atoms with van der Waals surface area (Å²) in [5, 5.41) is 1.86. The van der Waals surface area contributed by atoms with Gasteiger partial charge in [0.15, 0.2) is 5.78 Å². The Morgan fingerprint density at radius 1 is 1.70 bits per heavy atom. The van der Waals surface area contributed by atoms with E-state index in [9.17, 15) is 4.79 Å². The van der Waals surface area contributed by atoms with Crippen molar-refractivity contribution in [2.24, 2.45) is 5.73 Å². The molecule has 3 heteroatoms. The lowest BCUT2D eigenvalue weighted by Crippen LogP contribution is -1.90. The van der Waals surface area contributed by atoms with Gasteiger partial charge in [-0.2, -0.15) is 0 Å². The summed E-state index contributed by atoms with van der Waals surface area (Å²) in [6.45, 7) is 0. The van der Waals surface area contributed by atoms with E-state index in [1.165, 1.54) is 23.6 Å². The fourth-order valence-electron chi connectivity index (χ4n) is 0.588. The minimum atomic E-state index is -0.0301. The number of ketones is 1. The average molecular weight is 153 g/mol. The number of hydrogen-bond acceptors (Lipinski definition) is 3. The van der Waals surface area contributed by atoms with Crippen molar-refractivity contribution in [2.45, 2.75) is 0 Å². The first-order valence-electron chi connectivity index (χ1n) is 2.80. The standard InChI is InChI=1S/C7H7NOS/c8-4-3-6(9)7-2-1-5-10-7/h1-5H,8H2/b4-3+. The number of hydrogen-bond donors (Lipinski definition) is 1. The fraction of sp³-hybridized carbons (Fsp3) is 0. The number of thiophene rings is 1. The molecule has 0 unspecified atom stereocenters.